The van der Waals surface area contributed by atoms with Gasteiger partial charge < -0.3 is 14.8 Å². The molecule has 8 heteroatoms. The molecule has 2 N–H and O–H groups in total. The molecule has 0 aliphatic carbocycles. The molecule has 1 aromatic carbocycles. The van der Waals surface area contributed by atoms with E-state index in [1.165, 1.54) is 16.4 Å². The monoisotopic (exact) mass is 285 g/mol. The highest BCUT2D eigenvalue weighted by molar-refractivity contribution is 7.89. The molecule has 0 spiro atoms. The van der Waals surface area contributed by atoms with Gasteiger partial charge in [-0.3, -0.25) is 0 Å². The highest BCUT2D eigenvalue weighted by Crippen LogP contribution is 2.19. The van der Waals surface area contributed by atoms with Crippen LogP contribution in [0.4, 0.5) is 0 Å². The van der Waals surface area contributed by atoms with Crippen LogP contribution in [0.2, 0.25) is 0 Å². The van der Waals surface area contributed by atoms with E-state index in [1.54, 1.807) is 13.0 Å². The quantitative estimate of drug-likeness (QED) is 0.674. The Kier molecular flexibility index (Phi) is 4.27. The van der Waals surface area contributed by atoms with Crippen molar-refractivity contribution in [2.75, 3.05) is 26.3 Å². The predicted octanol–water partition coefficient (Wildman–Crippen LogP) is -1.30. The van der Waals surface area contributed by atoms with Crippen LogP contribution in [0.1, 0.15) is 5.56 Å². The van der Waals surface area contributed by atoms with Crippen LogP contribution in [0.5, 0.6) is 0 Å². The third kappa shape index (κ3) is 2.98. The van der Waals surface area contributed by atoms with Gasteiger partial charge in [0, 0.05) is 13.1 Å². The minimum atomic E-state index is -3.62. The van der Waals surface area contributed by atoms with Crippen molar-refractivity contribution in [2.24, 2.45) is 0 Å². The first-order valence-corrected chi connectivity index (χ1v) is 7.41. The fraction of sp³-hybridized carbons (Fsp3) is 0.455. The zero-order valence-electron chi connectivity index (χ0n) is 10.6. The molecular weight excluding hydrogens is 269 g/mol. The summed E-state index contributed by atoms with van der Waals surface area (Å²) in [5, 5.41) is 18.3. The normalized spacial score (nSPS) is 17.4. The predicted molar refractivity (Wildman–Crippen MR) is 70.6 cm³/mol. The molecule has 1 fully saturated rings. The first-order valence-electron chi connectivity index (χ1n) is 5.97. The van der Waals surface area contributed by atoms with Gasteiger partial charge in [0.1, 0.15) is 0 Å². The molecule has 0 aromatic heterocycles. The van der Waals surface area contributed by atoms with E-state index in [1.807, 2.05) is 0 Å². The van der Waals surface area contributed by atoms with E-state index >= 15 is 0 Å². The van der Waals surface area contributed by atoms with Gasteiger partial charge in [0.05, 0.1) is 18.1 Å². The lowest BCUT2D eigenvalue weighted by atomic mass is 9.80. The Hall–Kier alpha value is -0.925. The van der Waals surface area contributed by atoms with E-state index in [9.17, 15) is 8.42 Å². The van der Waals surface area contributed by atoms with E-state index in [0.29, 0.717) is 31.9 Å². The van der Waals surface area contributed by atoms with Crippen molar-refractivity contribution in [1.82, 2.24) is 4.31 Å². The molecule has 104 valence electrons. The summed E-state index contributed by atoms with van der Waals surface area (Å²) >= 11 is 0. The molecule has 19 heavy (non-hydrogen) atoms. The van der Waals surface area contributed by atoms with Crippen LogP contribution >= 0.6 is 0 Å². The molecule has 1 aliphatic heterocycles. The van der Waals surface area contributed by atoms with Crippen LogP contribution < -0.4 is 5.46 Å². The van der Waals surface area contributed by atoms with Crippen molar-refractivity contribution >= 4 is 22.6 Å². The number of nitrogens with zero attached hydrogens (tertiary/aromatic N) is 1. The van der Waals surface area contributed by atoms with Crippen LogP contribution in [0.25, 0.3) is 0 Å². The minimum absolute atomic E-state index is 0.111. The van der Waals surface area contributed by atoms with E-state index < -0.39 is 17.1 Å². The van der Waals surface area contributed by atoms with Crippen LogP contribution in [0.15, 0.2) is 23.1 Å². The number of benzene rings is 1. The van der Waals surface area contributed by atoms with Gasteiger partial charge in [0.25, 0.3) is 0 Å². The Bertz CT molecular complexity index is 554. The number of aryl methyl sites for hydroxylation is 1. The maximum Gasteiger partial charge on any atom is 0.488 e. The van der Waals surface area contributed by atoms with Crippen molar-refractivity contribution in [3.05, 3.63) is 23.8 Å². The van der Waals surface area contributed by atoms with Crippen LogP contribution in [0, 0.1) is 6.92 Å². The SMILES string of the molecule is Cc1ccc(B(O)O)cc1S(=O)(=O)N1CCOCC1. The number of hydrogen-bond donors (Lipinski definition) is 2. The average Bonchev–Trinajstić information content (AvgIpc) is 2.39. The van der Waals surface area contributed by atoms with Gasteiger partial charge >= 0.3 is 7.12 Å². The average molecular weight is 285 g/mol. The Morgan fingerprint density at radius 2 is 1.89 bits per heavy atom. The van der Waals surface area contributed by atoms with Crippen LogP contribution in [-0.2, 0) is 14.8 Å². The van der Waals surface area contributed by atoms with E-state index in [-0.39, 0.29) is 10.4 Å². The van der Waals surface area contributed by atoms with Gasteiger partial charge in [-0.05, 0) is 24.0 Å². The third-order valence-corrected chi connectivity index (χ3v) is 5.14. The zero-order valence-corrected chi connectivity index (χ0v) is 11.4. The number of hydrogen-bond acceptors (Lipinski definition) is 5. The molecule has 6 nitrogen and oxygen atoms in total. The minimum Gasteiger partial charge on any atom is -0.423 e. The number of morpholine rings is 1. The molecule has 1 saturated heterocycles. The lowest BCUT2D eigenvalue weighted by Crippen LogP contribution is -2.41. The van der Waals surface area contributed by atoms with Crippen molar-refractivity contribution < 1.29 is 23.2 Å². The summed E-state index contributed by atoms with van der Waals surface area (Å²) in [5.74, 6) is 0. The fourth-order valence-electron chi connectivity index (χ4n) is 1.98. The highest BCUT2D eigenvalue weighted by atomic mass is 32.2. The Morgan fingerprint density at radius 1 is 1.26 bits per heavy atom. The summed E-state index contributed by atoms with van der Waals surface area (Å²) in [5.41, 5.74) is 0.744. The smallest absolute Gasteiger partial charge is 0.423 e. The third-order valence-electron chi connectivity index (χ3n) is 3.10. The Morgan fingerprint density at radius 3 is 2.47 bits per heavy atom. The molecule has 0 unspecified atom stereocenters. The molecular formula is C11H16BNO5S. The van der Waals surface area contributed by atoms with E-state index in [2.05, 4.69) is 0 Å². The largest absolute Gasteiger partial charge is 0.488 e. The topological polar surface area (TPSA) is 87.1 Å². The summed E-state index contributed by atoms with van der Waals surface area (Å²) in [6.45, 7) is 3.06. The van der Waals surface area contributed by atoms with E-state index in [4.69, 9.17) is 14.8 Å². The van der Waals surface area contributed by atoms with Crippen molar-refractivity contribution in [1.29, 1.82) is 0 Å². The summed E-state index contributed by atoms with van der Waals surface area (Å²) in [6.07, 6.45) is 0. The van der Waals surface area contributed by atoms with Gasteiger partial charge in [0.2, 0.25) is 10.0 Å². The molecule has 0 saturated carbocycles. The molecule has 2 rings (SSSR count). The van der Waals surface area contributed by atoms with Crippen molar-refractivity contribution in [3.8, 4) is 0 Å². The molecule has 1 aliphatic rings. The molecule has 0 radical (unpaired) electrons. The summed E-state index contributed by atoms with van der Waals surface area (Å²) in [4.78, 5) is 0.111. The lowest BCUT2D eigenvalue weighted by Gasteiger charge is -2.26. The van der Waals surface area contributed by atoms with Gasteiger partial charge in [-0.1, -0.05) is 12.1 Å². The van der Waals surface area contributed by atoms with Gasteiger partial charge in [-0.2, -0.15) is 4.31 Å². The second kappa shape index (κ2) is 5.60. The van der Waals surface area contributed by atoms with Gasteiger partial charge in [-0.25, -0.2) is 8.42 Å². The molecule has 0 bridgehead atoms. The number of rotatable bonds is 3. The summed E-state index contributed by atoms with van der Waals surface area (Å²) in [6, 6.07) is 4.38. The molecule has 1 aromatic rings. The Balaban J connectivity index is 2.41. The standard InChI is InChI=1S/C11H16BNO5S/c1-9-2-3-10(12(14)15)8-11(9)19(16,17)13-4-6-18-7-5-13/h2-3,8,14-15H,4-7H2,1H3. The zero-order chi connectivity index (χ0) is 14.0. The van der Waals surface area contributed by atoms with Crippen LogP contribution in [0.3, 0.4) is 0 Å². The van der Waals surface area contributed by atoms with Crippen LogP contribution in [-0.4, -0.2) is 56.2 Å². The summed E-state index contributed by atoms with van der Waals surface area (Å²) in [7, 11) is -5.30. The Labute approximate surface area is 112 Å². The van der Waals surface area contributed by atoms with Gasteiger partial charge in [-0.15, -0.1) is 0 Å². The molecule has 0 amide bonds. The molecule has 0 atom stereocenters. The maximum absolute atomic E-state index is 12.5. The lowest BCUT2D eigenvalue weighted by molar-refractivity contribution is 0.0730. The highest BCUT2D eigenvalue weighted by Gasteiger charge is 2.28. The maximum atomic E-state index is 12.5. The molecule has 1 heterocycles. The first kappa shape index (κ1) is 14.5. The van der Waals surface area contributed by atoms with Crippen molar-refractivity contribution in [2.45, 2.75) is 11.8 Å². The summed E-state index contributed by atoms with van der Waals surface area (Å²) < 4.78 is 31.5. The van der Waals surface area contributed by atoms with Gasteiger partial charge in [0.15, 0.2) is 0 Å². The number of sulfonamides is 1. The van der Waals surface area contributed by atoms with Crippen molar-refractivity contribution in [3.63, 3.8) is 0 Å². The first-order chi connectivity index (χ1) is 8.93. The number of ether oxygens (including phenoxy) is 1. The van der Waals surface area contributed by atoms with E-state index in [0.717, 1.165) is 0 Å². The second-order valence-electron chi connectivity index (χ2n) is 4.42. The second-order valence-corrected chi connectivity index (χ2v) is 6.32. The fourth-order valence-corrected chi connectivity index (χ4v) is 3.65.